The van der Waals surface area contributed by atoms with Crippen LogP contribution in [0.5, 0.6) is 0 Å². The first kappa shape index (κ1) is 13.3. The molecule has 0 radical (unpaired) electrons. The molecule has 0 bridgehead atoms. The molecular formula is C14H16N2O3. The van der Waals surface area contributed by atoms with E-state index in [1.54, 1.807) is 13.0 Å². The van der Waals surface area contributed by atoms with Crippen molar-refractivity contribution in [2.24, 2.45) is 0 Å². The van der Waals surface area contributed by atoms with Gasteiger partial charge in [-0.1, -0.05) is 19.1 Å². The highest BCUT2D eigenvalue weighted by molar-refractivity contribution is 5.77. The highest BCUT2D eigenvalue weighted by Gasteiger charge is 2.12. The van der Waals surface area contributed by atoms with Crippen molar-refractivity contribution in [1.29, 1.82) is 0 Å². The van der Waals surface area contributed by atoms with Crippen molar-refractivity contribution in [2.45, 2.75) is 26.8 Å². The number of fused-ring (bicyclic) bond motifs is 1. The summed E-state index contributed by atoms with van der Waals surface area (Å²) in [5.41, 5.74) is 1.60. The molecule has 0 spiro atoms. The van der Waals surface area contributed by atoms with Crippen molar-refractivity contribution in [1.82, 2.24) is 9.55 Å². The van der Waals surface area contributed by atoms with E-state index in [0.29, 0.717) is 29.8 Å². The van der Waals surface area contributed by atoms with Crippen molar-refractivity contribution < 1.29 is 9.53 Å². The summed E-state index contributed by atoms with van der Waals surface area (Å²) in [5, 5.41) is 0. The van der Waals surface area contributed by atoms with E-state index in [9.17, 15) is 9.59 Å². The molecule has 0 saturated carbocycles. The number of hydrogen-bond acceptors (Lipinski definition) is 4. The summed E-state index contributed by atoms with van der Waals surface area (Å²) < 4.78 is 6.33. The van der Waals surface area contributed by atoms with Crippen LogP contribution in [0, 0.1) is 0 Å². The van der Waals surface area contributed by atoms with Crippen LogP contribution >= 0.6 is 0 Å². The van der Waals surface area contributed by atoms with Gasteiger partial charge in [0, 0.05) is 0 Å². The molecule has 1 aromatic heterocycles. The maximum Gasteiger partial charge on any atom is 0.326 e. The van der Waals surface area contributed by atoms with Crippen LogP contribution in [0.25, 0.3) is 11.0 Å². The van der Waals surface area contributed by atoms with E-state index in [4.69, 9.17) is 4.74 Å². The second kappa shape index (κ2) is 5.65. The first-order chi connectivity index (χ1) is 9.17. The Bertz CT molecular complexity index is 661. The quantitative estimate of drug-likeness (QED) is 0.782. The molecule has 5 heteroatoms. The second-order valence-electron chi connectivity index (χ2n) is 4.10. The number of hydrogen-bond donors (Lipinski definition) is 0. The summed E-state index contributed by atoms with van der Waals surface area (Å²) in [5.74, 6) is -0.414. The van der Waals surface area contributed by atoms with E-state index < -0.39 is 5.97 Å². The van der Waals surface area contributed by atoms with Crippen molar-refractivity contribution in [3.63, 3.8) is 0 Å². The Hall–Kier alpha value is -2.17. The summed E-state index contributed by atoms with van der Waals surface area (Å²) in [6, 6.07) is 7.28. The van der Waals surface area contributed by atoms with Gasteiger partial charge >= 0.3 is 5.97 Å². The molecule has 0 aliphatic heterocycles. The predicted octanol–water partition coefficient (Wildman–Crippen LogP) is 1.52. The molecule has 0 saturated heterocycles. The molecule has 1 aromatic carbocycles. The third-order valence-electron chi connectivity index (χ3n) is 2.85. The molecule has 0 atom stereocenters. The number of rotatable bonds is 4. The van der Waals surface area contributed by atoms with Crippen LogP contribution in [-0.4, -0.2) is 22.1 Å². The molecule has 100 valence electrons. The number of ether oxygens (including phenoxy) is 1. The summed E-state index contributed by atoms with van der Waals surface area (Å²) in [4.78, 5) is 28.2. The zero-order valence-corrected chi connectivity index (χ0v) is 11.0. The van der Waals surface area contributed by atoms with Gasteiger partial charge in [0.25, 0.3) is 5.56 Å². The lowest BCUT2D eigenvalue weighted by Gasteiger charge is -2.10. The minimum atomic E-state index is -0.414. The lowest BCUT2D eigenvalue weighted by Crippen LogP contribution is -2.29. The largest absolute Gasteiger partial charge is 0.465 e. The highest BCUT2D eigenvalue weighted by Crippen LogP contribution is 2.10. The number of benzene rings is 1. The van der Waals surface area contributed by atoms with Crippen molar-refractivity contribution in [3.05, 3.63) is 40.3 Å². The van der Waals surface area contributed by atoms with E-state index >= 15 is 0 Å². The van der Waals surface area contributed by atoms with Crippen LogP contribution in [0.2, 0.25) is 0 Å². The molecule has 19 heavy (non-hydrogen) atoms. The fourth-order valence-electron chi connectivity index (χ4n) is 1.97. The van der Waals surface area contributed by atoms with E-state index in [2.05, 4.69) is 4.98 Å². The minimum Gasteiger partial charge on any atom is -0.465 e. The minimum absolute atomic E-state index is 0.0806. The molecule has 0 unspecified atom stereocenters. The second-order valence-corrected chi connectivity index (χ2v) is 4.10. The van der Waals surface area contributed by atoms with Crippen LogP contribution in [0.15, 0.2) is 29.1 Å². The molecule has 0 aliphatic carbocycles. The maximum absolute atomic E-state index is 12.2. The fraction of sp³-hybridized carbons (Fsp3) is 0.357. The van der Waals surface area contributed by atoms with Gasteiger partial charge in [-0.05, 0) is 25.5 Å². The average molecular weight is 260 g/mol. The van der Waals surface area contributed by atoms with Crippen molar-refractivity contribution in [3.8, 4) is 0 Å². The molecule has 0 N–H and O–H groups in total. The zero-order chi connectivity index (χ0) is 13.8. The summed E-state index contributed by atoms with van der Waals surface area (Å²) in [6.45, 7) is 3.83. The van der Waals surface area contributed by atoms with Gasteiger partial charge in [0.05, 0.1) is 17.6 Å². The molecular weight excluding hydrogens is 244 g/mol. The van der Waals surface area contributed by atoms with Crippen LogP contribution < -0.4 is 5.56 Å². The van der Waals surface area contributed by atoms with E-state index in [1.165, 1.54) is 4.57 Å². The Kier molecular flexibility index (Phi) is 3.94. The normalized spacial score (nSPS) is 10.6. The SMILES string of the molecule is CCOC(=O)Cn1c(=O)c(CC)nc2ccccc21. The fourth-order valence-corrected chi connectivity index (χ4v) is 1.97. The Labute approximate surface area is 110 Å². The van der Waals surface area contributed by atoms with Crippen LogP contribution in [-0.2, 0) is 22.5 Å². The molecule has 0 aliphatic rings. The number of para-hydroxylation sites is 2. The number of aryl methyl sites for hydroxylation is 1. The van der Waals surface area contributed by atoms with Crippen molar-refractivity contribution in [2.75, 3.05) is 6.61 Å². The standard InChI is InChI=1S/C14H16N2O3/c1-3-10-14(18)16(9-13(17)19-4-2)12-8-6-5-7-11(12)15-10/h5-8H,3-4,9H2,1-2H3. The monoisotopic (exact) mass is 260 g/mol. The number of aromatic nitrogens is 2. The topological polar surface area (TPSA) is 61.2 Å². The van der Waals surface area contributed by atoms with Gasteiger partial charge in [-0.25, -0.2) is 4.98 Å². The average Bonchev–Trinajstić information content (AvgIpc) is 2.42. The van der Waals surface area contributed by atoms with Crippen LogP contribution in [0.1, 0.15) is 19.5 Å². The number of esters is 1. The number of carbonyl (C=O) groups excluding carboxylic acids is 1. The molecule has 1 heterocycles. The Balaban J connectivity index is 2.59. The maximum atomic E-state index is 12.2. The number of nitrogens with zero attached hydrogens (tertiary/aromatic N) is 2. The summed E-state index contributed by atoms with van der Waals surface area (Å²) >= 11 is 0. The number of carbonyl (C=O) groups is 1. The molecule has 2 aromatic rings. The lowest BCUT2D eigenvalue weighted by molar-refractivity contribution is -0.143. The first-order valence-corrected chi connectivity index (χ1v) is 6.31. The van der Waals surface area contributed by atoms with Gasteiger partial charge in [-0.3, -0.25) is 14.2 Å². The third kappa shape index (κ3) is 2.65. The van der Waals surface area contributed by atoms with Crippen LogP contribution in [0.3, 0.4) is 0 Å². The van der Waals surface area contributed by atoms with Gasteiger partial charge in [0.1, 0.15) is 12.2 Å². The Morgan fingerprint density at radius 1 is 1.32 bits per heavy atom. The van der Waals surface area contributed by atoms with Gasteiger partial charge in [-0.2, -0.15) is 0 Å². The van der Waals surface area contributed by atoms with E-state index in [1.807, 2.05) is 25.1 Å². The Morgan fingerprint density at radius 2 is 2.05 bits per heavy atom. The first-order valence-electron chi connectivity index (χ1n) is 6.31. The van der Waals surface area contributed by atoms with Crippen LogP contribution in [0.4, 0.5) is 0 Å². The third-order valence-corrected chi connectivity index (χ3v) is 2.85. The highest BCUT2D eigenvalue weighted by atomic mass is 16.5. The zero-order valence-electron chi connectivity index (χ0n) is 11.0. The van der Waals surface area contributed by atoms with Gasteiger partial charge in [0.2, 0.25) is 0 Å². The van der Waals surface area contributed by atoms with E-state index in [-0.39, 0.29) is 12.1 Å². The van der Waals surface area contributed by atoms with Gasteiger partial charge in [0.15, 0.2) is 0 Å². The predicted molar refractivity (Wildman–Crippen MR) is 72.0 cm³/mol. The van der Waals surface area contributed by atoms with Gasteiger partial charge in [-0.15, -0.1) is 0 Å². The summed E-state index contributed by atoms with van der Waals surface area (Å²) in [6.07, 6.45) is 0.534. The molecule has 0 amide bonds. The molecule has 2 rings (SSSR count). The smallest absolute Gasteiger partial charge is 0.326 e. The molecule has 5 nitrogen and oxygen atoms in total. The Morgan fingerprint density at radius 3 is 2.74 bits per heavy atom. The summed E-state index contributed by atoms with van der Waals surface area (Å²) in [7, 11) is 0. The molecule has 0 fully saturated rings. The van der Waals surface area contributed by atoms with Gasteiger partial charge < -0.3 is 4.74 Å². The van der Waals surface area contributed by atoms with E-state index in [0.717, 1.165) is 0 Å². The lowest BCUT2D eigenvalue weighted by atomic mass is 10.2. The van der Waals surface area contributed by atoms with Crippen molar-refractivity contribution >= 4 is 17.0 Å².